The average Bonchev–Trinajstić information content (AvgIpc) is 3.34. The number of halogens is 1. The summed E-state index contributed by atoms with van der Waals surface area (Å²) in [6, 6.07) is 16.9. The summed E-state index contributed by atoms with van der Waals surface area (Å²) < 4.78 is 5.76. The number of Topliss-reactive ketones (excluding diaryl/α,β-unsaturated/α-hetero) is 1. The Morgan fingerprint density at radius 2 is 1.88 bits per heavy atom. The molecule has 2 aromatic heterocycles. The van der Waals surface area contributed by atoms with Crippen molar-refractivity contribution < 1.29 is 19.1 Å². The second kappa shape index (κ2) is 8.22. The number of ketones is 1. The van der Waals surface area contributed by atoms with Gasteiger partial charge in [0.1, 0.15) is 5.58 Å². The molecule has 0 aliphatic carbocycles. The van der Waals surface area contributed by atoms with Crippen molar-refractivity contribution in [2.75, 3.05) is 0 Å². The van der Waals surface area contributed by atoms with E-state index in [9.17, 15) is 14.7 Å². The lowest BCUT2D eigenvalue weighted by molar-refractivity contribution is -0.130. The number of nitrogens with zero attached hydrogens (tertiary/aromatic N) is 2. The minimum atomic E-state index is -0.767. The number of benzene rings is 2. The molecule has 0 bridgehead atoms. The minimum absolute atomic E-state index is 0.00601. The molecule has 0 fully saturated rings. The zero-order valence-electron chi connectivity index (χ0n) is 17.7. The van der Waals surface area contributed by atoms with Crippen molar-refractivity contribution in [1.29, 1.82) is 0 Å². The Hall–Kier alpha value is -3.90. The highest BCUT2D eigenvalue weighted by Crippen LogP contribution is 2.41. The number of carbonyl (C=O) groups excluding carboxylic acids is 2. The molecule has 2 aromatic carbocycles. The molecule has 1 aliphatic heterocycles. The van der Waals surface area contributed by atoms with Crippen LogP contribution in [0.4, 0.5) is 0 Å². The first kappa shape index (κ1) is 21.0. The van der Waals surface area contributed by atoms with Gasteiger partial charge in [0.15, 0.2) is 11.5 Å². The number of hydrogen-bond acceptors (Lipinski definition) is 5. The number of fused-ring (bicyclic) bond motifs is 1. The molecule has 0 saturated carbocycles. The largest absolute Gasteiger partial charge is 0.503 e. The molecule has 3 heterocycles. The SMILES string of the molecule is Cc1ccccc1C1C(C(=O)c2cc3cc(Cl)ccc3o2)=C(O)C(=O)N1Cc1ccncc1. The van der Waals surface area contributed by atoms with Gasteiger partial charge in [-0.3, -0.25) is 14.6 Å². The van der Waals surface area contributed by atoms with Gasteiger partial charge in [0.2, 0.25) is 5.78 Å². The van der Waals surface area contributed by atoms with Gasteiger partial charge in [-0.15, -0.1) is 0 Å². The summed E-state index contributed by atoms with van der Waals surface area (Å²) in [5.74, 6) is -1.69. The lowest BCUT2D eigenvalue weighted by Crippen LogP contribution is -2.31. The smallest absolute Gasteiger partial charge is 0.290 e. The molecule has 7 heteroatoms. The number of aliphatic hydroxyl groups is 1. The van der Waals surface area contributed by atoms with E-state index in [0.29, 0.717) is 16.0 Å². The fraction of sp³-hybridized carbons (Fsp3) is 0.115. The summed E-state index contributed by atoms with van der Waals surface area (Å²) in [7, 11) is 0. The summed E-state index contributed by atoms with van der Waals surface area (Å²) in [6.45, 7) is 2.11. The third kappa shape index (κ3) is 3.68. The van der Waals surface area contributed by atoms with Crippen LogP contribution < -0.4 is 0 Å². The first-order valence-electron chi connectivity index (χ1n) is 10.4. The van der Waals surface area contributed by atoms with Gasteiger partial charge in [0, 0.05) is 29.3 Å². The molecule has 0 spiro atoms. The van der Waals surface area contributed by atoms with Crippen LogP contribution in [-0.2, 0) is 11.3 Å². The summed E-state index contributed by atoms with van der Waals surface area (Å²) in [5, 5.41) is 12.1. The van der Waals surface area contributed by atoms with Crippen LogP contribution in [0.2, 0.25) is 5.02 Å². The van der Waals surface area contributed by atoms with E-state index in [4.69, 9.17) is 16.0 Å². The van der Waals surface area contributed by atoms with Gasteiger partial charge in [-0.2, -0.15) is 0 Å². The maximum atomic E-state index is 13.6. The number of aryl methyl sites for hydroxylation is 1. The van der Waals surface area contributed by atoms with Gasteiger partial charge in [-0.1, -0.05) is 35.9 Å². The summed E-state index contributed by atoms with van der Waals surface area (Å²) >= 11 is 6.06. The molecule has 0 radical (unpaired) electrons. The van der Waals surface area contributed by atoms with E-state index in [1.807, 2.05) is 31.2 Å². The minimum Gasteiger partial charge on any atom is -0.503 e. The van der Waals surface area contributed by atoms with Crippen LogP contribution in [0.1, 0.15) is 33.3 Å². The average molecular weight is 459 g/mol. The van der Waals surface area contributed by atoms with E-state index in [1.54, 1.807) is 48.8 Å². The molecule has 33 heavy (non-hydrogen) atoms. The second-order valence-corrected chi connectivity index (χ2v) is 8.37. The number of rotatable bonds is 5. The molecule has 1 atom stereocenters. The molecule has 164 valence electrons. The van der Waals surface area contributed by atoms with Crippen molar-refractivity contribution in [3.8, 4) is 0 Å². The first-order valence-corrected chi connectivity index (χ1v) is 10.7. The molecular formula is C26H19ClN2O4. The second-order valence-electron chi connectivity index (χ2n) is 7.93. The molecule has 1 aliphatic rings. The molecule has 1 unspecified atom stereocenters. The van der Waals surface area contributed by atoms with Crippen LogP contribution in [0, 0.1) is 6.92 Å². The molecular weight excluding hydrogens is 440 g/mol. The Morgan fingerprint density at radius 3 is 2.64 bits per heavy atom. The van der Waals surface area contributed by atoms with Gasteiger partial charge in [-0.25, -0.2) is 0 Å². The molecule has 4 aromatic rings. The zero-order chi connectivity index (χ0) is 23.1. The summed E-state index contributed by atoms with van der Waals surface area (Å²) in [6.07, 6.45) is 3.27. The van der Waals surface area contributed by atoms with Crippen LogP contribution in [0.15, 0.2) is 88.8 Å². The van der Waals surface area contributed by atoms with Crippen molar-refractivity contribution in [2.24, 2.45) is 0 Å². The maximum Gasteiger partial charge on any atom is 0.290 e. The van der Waals surface area contributed by atoms with Gasteiger partial charge in [0.05, 0.1) is 11.6 Å². The summed E-state index contributed by atoms with van der Waals surface area (Å²) in [5.41, 5.74) is 2.97. The van der Waals surface area contributed by atoms with E-state index in [-0.39, 0.29) is 17.9 Å². The Balaban J connectivity index is 1.62. The molecule has 1 N–H and O–H groups in total. The van der Waals surface area contributed by atoms with Crippen LogP contribution in [0.3, 0.4) is 0 Å². The molecule has 1 amide bonds. The zero-order valence-corrected chi connectivity index (χ0v) is 18.4. The highest BCUT2D eigenvalue weighted by molar-refractivity contribution is 6.31. The quantitative estimate of drug-likeness (QED) is 0.395. The standard InChI is InChI=1S/C26H19ClN2O4/c1-15-4-2-3-5-19(15)23-22(24(30)21-13-17-12-18(27)6-7-20(17)33-21)25(31)26(32)29(23)14-16-8-10-28-11-9-16/h2-13,23,31H,14H2,1H3. The van der Waals surface area contributed by atoms with E-state index in [1.165, 1.54) is 4.90 Å². The molecule has 5 rings (SSSR count). The van der Waals surface area contributed by atoms with Gasteiger partial charge in [0.25, 0.3) is 5.91 Å². The first-order chi connectivity index (χ1) is 15.9. The number of aromatic nitrogens is 1. The normalized spacial score (nSPS) is 16.1. The maximum absolute atomic E-state index is 13.6. The van der Waals surface area contributed by atoms with E-state index >= 15 is 0 Å². The third-order valence-electron chi connectivity index (χ3n) is 5.84. The van der Waals surface area contributed by atoms with Crippen molar-refractivity contribution in [3.63, 3.8) is 0 Å². The van der Waals surface area contributed by atoms with E-state index in [0.717, 1.165) is 16.7 Å². The Kier molecular flexibility index (Phi) is 5.23. The fourth-order valence-corrected chi connectivity index (χ4v) is 4.39. The predicted octanol–water partition coefficient (Wildman–Crippen LogP) is 5.57. The molecule has 0 saturated heterocycles. The lowest BCUT2D eigenvalue weighted by atomic mass is 9.92. The van der Waals surface area contributed by atoms with Crippen LogP contribution in [0.5, 0.6) is 0 Å². The van der Waals surface area contributed by atoms with Crippen molar-refractivity contribution in [3.05, 3.63) is 112 Å². The Labute approximate surface area is 194 Å². The summed E-state index contributed by atoms with van der Waals surface area (Å²) in [4.78, 5) is 32.3. The molecule has 6 nitrogen and oxygen atoms in total. The Bertz CT molecular complexity index is 1420. The lowest BCUT2D eigenvalue weighted by Gasteiger charge is -2.27. The third-order valence-corrected chi connectivity index (χ3v) is 6.07. The van der Waals surface area contributed by atoms with Gasteiger partial charge >= 0.3 is 0 Å². The van der Waals surface area contributed by atoms with Crippen molar-refractivity contribution >= 4 is 34.3 Å². The van der Waals surface area contributed by atoms with Crippen molar-refractivity contribution in [1.82, 2.24) is 9.88 Å². The number of aliphatic hydroxyl groups excluding tert-OH is 1. The van der Waals surface area contributed by atoms with E-state index in [2.05, 4.69) is 4.98 Å². The topological polar surface area (TPSA) is 83.6 Å². The predicted molar refractivity (Wildman–Crippen MR) is 124 cm³/mol. The number of hydrogen-bond donors (Lipinski definition) is 1. The number of furan rings is 1. The van der Waals surface area contributed by atoms with E-state index < -0.39 is 23.5 Å². The highest BCUT2D eigenvalue weighted by atomic mass is 35.5. The van der Waals surface area contributed by atoms with Crippen LogP contribution >= 0.6 is 11.6 Å². The van der Waals surface area contributed by atoms with Gasteiger partial charge in [-0.05, 0) is 60.0 Å². The monoisotopic (exact) mass is 458 g/mol. The van der Waals surface area contributed by atoms with Crippen molar-refractivity contribution in [2.45, 2.75) is 19.5 Å². The number of carbonyl (C=O) groups is 2. The van der Waals surface area contributed by atoms with Gasteiger partial charge < -0.3 is 14.4 Å². The fourth-order valence-electron chi connectivity index (χ4n) is 4.21. The Morgan fingerprint density at radius 1 is 1.12 bits per heavy atom. The highest BCUT2D eigenvalue weighted by Gasteiger charge is 2.45. The van der Waals surface area contributed by atoms with Crippen LogP contribution in [0.25, 0.3) is 11.0 Å². The number of pyridine rings is 1. The number of amides is 1. The van der Waals surface area contributed by atoms with Crippen LogP contribution in [-0.4, -0.2) is 26.7 Å².